The minimum Gasteiger partial charge on any atom is -0.339 e. The van der Waals surface area contributed by atoms with Gasteiger partial charge in [0.25, 0.3) is 5.91 Å². The molecule has 6 heteroatoms. The summed E-state index contributed by atoms with van der Waals surface area (Å²) in [5.74, 6) is -0.103. The molecule has 1 aliphatic rings. The number of amides is 1. The van der Waals surface area contributed by atoms with E-state index in [0.717, 1.165) is 37.1 Å². The van der Waals surface area contributed by atoms with E-state index in [1.807, 2.05) is 31.2 Å². The second-order valence-corrected chi connectivity index (χ2v) is 8.11. The van der Waals surface area contributed by atoms with Crippen LogP contribution in [0, 0.1) is 6.92 Å². The fraction of sp³-hybridized carbons (Fsp3) is 0.316. The normalized spacial score (nSPS) is 14.7. The number of nitrogens with one attached hydrogen (secondary N) is 1. The lowest BCUT2D eigenvalue weighted by Gasteiger charge is -2.15. The Morgan fingerprint density at radius 3 is 2.52 bits per heavy atom. The molecule has 1 fully saturated rings. The molecule has 1 aliphatic heterocycles. The molecule has 2 aromatic carbocycles. The van der Waals surface area contributed by atoms with Crippen LogP contribution in [0.1, 0.15) is 34.3 Å². The van der Waals surface area contributed by atoms with Crippen LogP contribution in [-0.2, 0) is 16.6 Å². The van der Waals surface area contributed by atoms with Gasteiger partial charge in [0.05, 0.1) is 4.90 Å². The van der Waals surface area contributed by atoms with E-state index in [2.05, 4.69) is 4.72 Å². The van der Waals surface area contributed by atoms with Gasteiger partial charge in [-0.2, -0.15) is 0 Å². The number of hydrogen-bond acceptors (Lipinski definition) is 3. The Balaban J connectivity index is 1.75. The van der Waals surface area contributed by atoms with Crippen LogP contribution in [0.2, 0.25) is 0 Å². The smallest absolute Gasteiger partial charge is 0.253 e. The zero-order chi connectivity index (χ0) is 17.9. The van der Waals surface area contributed by atoms with E-state index in [1.54, 1.807) is 17.0 Å². The molecule has 0 bridgehead atoms. The van der Waals surface area contributed by atoms with Gasteiger partial charge in [-0.15, -0.1) is 0 Å². The van der Waals surface area contributed by atoms with Gasteiger partial charge in [-0.25, -0.2) is 13.1 Å². The van der Waals surface area contributed by atoms with Crippen LogP contribution in [-0.4, -0.2) is 32.3 Å². The van der Waals surface area contributed by atoms with Gasteiger partial charge in [0.2, 0.25) is 10.0 Å². The van der Waals surface area contributed by atoms with Gasteiger partial charge in [-0.3, -0.25) is 4.79 Å². The summed E-state index contributed by atoms with van der Waals surface area (Å²) in [5.41, 5.74) is 2.39. The summed E-state index contributed by atoms with van der Waals surface area (Å²) in [6.45, 7) is 3.66. The van der Waals surface area contributed by atoms with Crippen molar-refractivity contribution in [2.45, 2.75) is 31.2 Å². The lowest BCUT2D eigenvalue weighted by Crippen LogP contribution is -2.28. The van der Waals surface area contributed by atoms with Crippen molar-refractivity contribution in [3.8, 4) is 0 Å². The fourth-order valence-corrected chi connectivity index (χ4v) is 4.05. The Morgan fingerprint density at radius 1 is 1.08 bits per heavy atom. The number of rotatable bonds is 5. The number of aryl methyl sites for hydroxylation is 1. The average Bonchev–Trinajstić information content (AvgIpc) is 3.14. The molecule has 0 atom stereocenters. The second-order valence-electron chi connectivity index (χ2n) is 6.34. The highest BCUT2D eigenvalue weighted by Gasteiger charge is 2.21. The van der Waals surface area contributed by atoms with E-state index >= 15 is 0 Å². The number of carbonyl (C=O) groups is 1. The van der Waals surface area contributed by atoms with Gasteiger partial charge in [-0.1, -0.05) is 35.9 Å². The lowest BCUT2D eigenvalue weighted by atomic mass is 10.1. The largest absolute Gasteiger partial charge is 0.339 e. The number of nitrogens with zero attached hydrogens (tertiary/aromatic N) is 1. The topological polar surface area (TPSA) is 66.5 Å². The lowest BCUT2D eigenvalue weighted by molar-refractivity contribution is 0.0792. The van der Waals surface area contributed by atoms with Crippen molar-refractivity contribution in [3.05, 3.63) is 65.2 Å². The summed E-state index contributed by atoms with van der Waals surface area (Å²) in [6.07, 6.45) is 2.00. The number of likely N-dealkylation sites (tertiary alicyclic amines) is 1. The first-order chi connectivity index (χ1) is 12.0. The van der Waals surface area contributed by atoms with E-state index in [0.29, 0.717) is 5.56 Å². The van der Waals surface area contributed by atoms with Crippen molar-refractivity contribution in [1.29, 1.82) is 0 Å². The molecule has 25 heavy (non-hydrogen) atoms. The molecule has 1 N–H and O–H groups in total. The van der Waals surface area contributed by atoms with Gasteiger partial charge in [0.15, 0.2) is 0 Å². The van der Waals surface area contributed by atoms with Crippen molar-refractivity contribution in [2.75, 3.05) is 13.1 Å². The maximum absolute atomic E-state index is 12.6. The number of benzene rings is 2. The van der Waals surface area contributed by atoms with Gasteiger partial charge >= 0.3 is 0 Å². The van der Waals surface area contributed by atoms with Crippen molar-refractivity contribution in [3.63, 3.8) is 0 Å². The summed E-state index contributed by atoms with van der Waals surface area (Å²) < 4.78 is 27.7. The molecule has 1 amide bonds. The Bertz CT molecular complexity index is 872. The molecule has 132 valence electrons. The van der Waals surface area contributed by atoms with Crippen LogP contribution in [0.25, 0.3) is 0 Å². The summed E-state index contributed by atoms with van der Waals surface area (Å²) in [5, 5.41) is 0. The molecular weight excluding hydrogens is 336 g/mol. The zero-order valence-corrected chi connectivity index (χ0v) is 15.1. The standard InChI is InChI=1S/C19H22N2O3S/c1-15-6-4-7-16(12-15)14-20-25(23,24)18-9-5-8-17(13-18)19(22)21-10-2-3-11-21/h4-9,12-13,20H,2-3,10-11,14H2,1H3. The molecule has 1 saturated heterocycles. The third-order valence-electron chi connectivity index (χ3n) is 4.33. The highest BCUT2D eigenvalue weighted by Crippen LogP contribution is 2.17. The van der Waals surface area contributed by atoms with E-state index in [-0.39, 0.29) is 17.3 Å². The van der Waals surface area contributed by atoms with Crippen LogP contribution in [0.4, 0.5) is 0 Å². The molecule has 0 radical (unpaired) electrons. The number of sulfonamides is 1. The fourth-order valence-electron chi connectivity index (χ4n) is 2.98. The molecule has 2 aromatic rings. The first kappa shape index (κ1) is 17.6. The molecule has 0 aromatic heterocycles. The SMILES string of the molecule is Cc1cccc(CNS(=O)(=O)c2cccc(C(=O)N3CCCC3)c2)c1. The van der Waals surface area contributed by atoms with Gasteiger partial charge in [0.1, 0.15) is 0 Å². The van der Waals surface area contributed by atoms with Crippen LogP contribution in [0.15, 0.2) is 53.4 Å². The number of carbonyl (C=O) groups excluding carboxylic acids is 1. The summed E-state index contributed by atoms with van der Waals surface area (Å²) in [6, 6.07) is 13.9. The summed E-state index contributed by atoms with van der Waals surface area (Å²) in [4.78, 5) is 14.3. The number of hydrogen-bond donors (Lipinski definition) is 1. The molecular formula is C19H22N2O3S. The quantitative estimate of drug-likeness (QED) is 0.894. The first-order valence-corrected chi connectivity index (χ1v) is 9.88. The predicted molar refractivity (Wildman–Crippen MR) is 96.8 cm³/mol. The van der Waals surface area contributed by atoms with Crippen LogP contribution < -0.4 is 4.72 Å². The van der Waals surface area contributed by atoms with E-state index in [9.17, 15) is 13.2 Å². The molecule has 3 rings (SSSR count). The van der Waals surface area contributed by atoms with Crippen LogP contribution >= 0.6 is 0 Å². The highest BCUT2D eigenvalue weighted by atomic mass is 32.2. The van der Waals surface area contributed by atoms with Crippen molar-refractivity contribution in [1.82, 2.24) is 9.62 Å². The Kier molecular flexibility index (Phi) is 5.20. The van der Waals surface area contributed by atoms with Crippen molar-refractivity contribution < 1.29 is 13.2 Å². The molecule has 0 aliphatic carbocycles. The zero-order valence-electron chi connectivity index (χ0n) is 14.2. The van der Waals surface area contributed by atoms with Crippen molar-refractivity contribution in [2.24, 2.45) is 0 Å². The summed E-state index contributed by atoms with van der Waals surface area (Å²) >= 11 is 0. The molecule has 0 saturated carbocycles. The maximum atomic E-state index is 12.6. The van der Waals surface area contributed by atoms with Crippen LogP contribution in [0.3, 0.4) is 0 Å². The molecule has 0 spiro atoms. The maximum Gasteiger partial charge on any atom is 0.253 e. The van der Waals surface area contributed by atoms with E-state index < -0.39 is 10.0 Å². The summed E-state index contributed by atoms with van der Waals surface area (Å²) in [7, 11) is -3.67. The molecule has 0 unspecified atom stereocenters. The van der Waals surface area contributed by atoms with Gasteiger partial charge < -0.3 is 4.90 Å². The monoisotopic (exact) mass is 358 g/mol. The molecule has 5 nitrogen and oxygen atoms in total. The third kappa shape index (κ3) is 4.27. The van der Waals surface area contributed by atoms with E-state index in [4.69, 9.17) is 0 Å². The van der Waals surface area contributed by atoms with Gasteiger partial charge in [0, 0.05) is 25.2 Å². The van der Waals surface area contributed by atoms with Gasteiger partial charge in [-0.05, 0) is 43.5 Å². The third-order valence-corrected chi connectivity index (χ3v) is 5.73. The minimum atomic E-state index is -3.67. The molecule has 1 heterocycles. The predicted octanol–water partition coefficient (Wildman–Crippen LogP) is 2.71. The Hall–Kier alpha value is -2.18. The average molecular weight is 358 g/mol. The first-order valence-electron chi connectivity index (χ1n) is 8.40. The minimum absolute atomic E-state index is 0.103. The Morgan fingerprint density at radius 2 is 1.80 bits per heavy atom. The van der Waals surface area contributed by atoms with E-state index in [1.165, 1.54) is 12.1 Å². The second kappa shape index (κ2) is 7.37. The van der Waals surface area contributed by atoms with Crippen LogP contribution in [0.5, 0.6) is 0 Å². The Labute approximate surface area is 148 Å². The van der Waals surface area contributed by atoms with Crippen molar-refractivity contribution >= 4 is 15.9 Å². The highest BCUT2D eigenvalue weighted by molar-refractivity contribution is 7.89.